The molecular formula is C20H29N3O3. The van der Waals surface area contributed by atoms with Crippen molar-refractivity contribution in [2.75, 3.05) is 18.9 Å². The number of benzene rings is 1. The number of likely N-dealkylation sites (N-methyl/N-ethyl adjacent to an activating group) is 1. The molecule has 0 bridgehead atoms. The van der Waals surface area contributed by atoms with Gasteiger partial charge in [0.25, 0.3) is 0 Å². The third-order valence-corrected chi connectivity index (χ3v) is 5.00. The van der Waals surface area contributed by atoms with E-state index in [1.54, 1.807) is 7.05 Å². The molecule has 0 heterocycles. The van der Waals surface area contributed by atoms with Gasteiger partial charge in [-0.15, -0.1) is 0 Å². The number of hydrogen-bond acceptors (Lipinski definition) is 3. The number of carbonyl (C=O) groups excluding carboxylic acids is 3. The van der Waals surface area contributed by atoms with Gasteiger partial charge in [-0.1, -0.05) is 31.0 Å². The Morgan fingerprint density at radius 1 is 1.15 bits per heavy atom. The van der Waals surface area contributed by atoms with Crippen molar-refractivity contribution in [3.63, 3.8) is 0 Å². The first-order chi connectivity index (χ1) is 12.3. The number of carbonyl (C=O) groups is 3. The molecule has 1 atom stereocenters. The van der Waals surface area contributed by atoms with Crippen LogP contribution in [0.15, 0.2) is 18.2 Å². The van der Waals surface area contributed by atoms with E-state index in [-0.39, 0.29) is 30.2 Å². The topological polar surface area (TPSA) is 78.5 Å². The molecule has 0 saturated heterocycles. The van der Waals surface area contributed by atoms with Gasteiger partial charge in [-0.05, 0) is 43.7 Å². The Morgan fingerprint density at radius 3 is 2.27 bits per heavy atom. The highest BCUT2D eigenvalue weighted by Crippen LogP contribution is 2.28. The molecule has 1 aromatic carbocycles. The lowest BCUT2D eigenvalue weighted by molar-refractivity contribution is -0.138. The Balaban J connectivity index is 2.01. The first-order valence-corrected chi connectivity index (χ1v) is 9.17. The number of anilines is 1. The van der Waals surface area contributed by atoms with Gasteiger partial charge in [0, 0.05) is 19.7 Å². The third-order valence-electron chi connectivity index (χ3n) is 5.00. The summed E-state index contributed by atoms with van der Waals surface area (Å²) in [6.45, 7) is 5.24. The van der Waals surface area contributed by atoms with Crippen molar-refractivity contribution >= 4 is 23.4 Å². The molecule has 0 aromatic heterocycles. The fourth-order valence-electron chi connectivity index (χ4n) is 3.61. The molecule has 1 saturated carbocycles. The van der Waals surface area contributed by atoms with Gasteiger partial charge in [0.15, 0.2) is 0 Å². The molecule has 2 rings (SSSR count). The summed E-state index contributed by atoms with van der Waals surface area (Å²) in [7, 11) is 1.61. The summed E-state index contributed by atoms with van der Waals surface area (Å²) in [4.78, 5) is 38.1. The van der Waals surface area contributed by atoms with Crippen LogP contribution in [0, 0.1) is 19.8 Å². The molecule has 0 aliphatic heterocycles. The zero-order chi connectivity index (χ0) is 19.3. The normalized spacial score (nSPS) is 15.4. The van der Waals surface area contributed by atoms with Crippen LogP contribution in [-0.2, 0) is 14.4 Å². The Bertz CT molecular complexity index is 661. The van der Waals surface area contributed by atoms with Crippen molar-refractivity contribution in [3.05, 3.63) is 29.3 Å². The van der Waals surface area contributed by atoms with Gasteiger partial charge in [0.05, 0.1) is 6.54 Å². The molecule has 1 aromatic rings. The van der Waals surface area contributed by atoms with Gasteiger partial charge < -0.3 is 15.5 Å². The number of hydrogen-bond donors (Lipinski definition) is 2. The van der Waals surface area contributed by atoms with E-state index in [1.807, 2.05) is 32.0 Å². The van der Waals surface area contributed by atoms with Crippen molar-refractivity contribution in [2.24, 2.45) is 5.92 Å². The maximum atomic E-state index is 12.8. The summed E-state index contributed by atoms with van der Waals surface area (Å²) in [5.74, 6) is -0.519. The van der Waals surface area contributed by atoms with Crippen LogP contribution in [0.1, 0.15) is 43.7 Å². The molecule has 3 amide bonds. The second-order valence-corrected chi connectivity index (χ2v) is 7.23. The molecule has 142 valence electrons. The second kappa shape index (κ2) is 8.83. The van der Waals surface area contributed by atoms with E-state index in [0.717, 1.165) is 42.5 Å². The van der Waals surface area contributed by atoms with Crippen LogP contribution in [-0.4, -0.2) is 42.3 Å². The van der Waals surface area contributed by atoms with Crippen LogP contribution >= 0.6 is 0 Å². The molecule has 6 heteroatoms. The van der Waals surface area contributed by atoms with E-state index in [1.165, 1.54) is 11.8 Å². The molecule has 0 radical (unpaired) electrons. The first-order valence-electron chi connectivity index (χ1n) is 9.17. The minimum Gasteiger partial charge on any atom is -0.344 e. The average Bonchev–Trinajstić information content (AvgIpc) is 3.09. The highest BCUT2D eigenvalue weighted by atomic mass is 16.2. The summed E-state index contributed by atoms with van der Waals surface area (Å²) < 4.78 is 0. The van der Waals surface area contributed by atoms with E-state index in [4.69, 9.17) is 0 Å². The van der Waals surface area contributed by atoms with Crippen molar-refractivity contribution in [3.8, 4) is 0 Å². The molecule has 1 fully saturated rings. The fourth-order valence-corrected chi connectivity index (χ4v) is 3.61. The summed E-state index contributed by atoms with van der Waals surface area (Å²) in [5, 5.41) is 5.68. The average molecular weight is 359 g/mol. The lowest BCUT2D eigenvalue weighted by Crippen LogP contribution is -2.51. The van der Waals surface area contributed by atoms with Gasteiger partial charge in [0.1, 0.15) is 6.04 Å². The maximum Gasteiger partial charge on any atom is 0.245 e. The largest absolute Gasteiger partial charge is 0.344 e. The first kappa shape index (κ1) is 19.9. The van der Waals surface area contributed by atoms with Crippen molar-refractivity contribution in [1.82, 2.24) is 10.2 Å². The van der Waals surface area contributed by atoms with Gasteiger partial charge in [-0.2, -0.15) is 0 Å². The highest BCUT2D eigenvalue weighted by Gasteiger charge is 2.33. The Labute approximate surface area is 155 Å². The molecule has 1 unspecified atom stereocenters. The molecule has 2 N–H and O–H groups in total. The van der Waals surface area contributed by atoms with Crippen LogP contribution in [0.25, 0.3) is 0 Å². The van der Waals surface area contributed by atoms with E-state index < -0.39 is 6.04 Å². The predicted octanol–water partition coefficient (Wildman–Crippen LogP) is 2.40. The summed E-state index contributed by atoms with van der Waals surface area (Å²) in [6, 6.07) is 5.26. The van der Waals surface area contributed by atoms with Crippen LogP contribution < -0.4 is 10.6 Å². The van der Waals surface area contributed by atoms with E-state index in [0.29, 0.717) is 0 Å². The van der Waals surface area contributed by atoms with Gasteiger partial charge in [-0.3, -0.25) is 14.4 Å². The van der Waals surface area contributed by atoms with E-state index >= 15 is 0 Å². The number of para-hydroxylation sites is 1. The maximum absolute atomic E-state index is 12.8. The number of amides is 3. The highest BCUT2D eigenvalue weighted by molar-refractivity contribution is 5.96. The standard InChI is InChI=1S/C20H29N3O3/c1-13-8-7-9-14(2)18(13)22-17(25)12-23(4)20(26)19(21-15(3)24)16-10-5-6-11-16/h7-9,16,19H,5-6,10-12H2,1-4H3,(H,21,24)(H,22,25). The van der Waals surface area contributed by atoms with Crippen molar-refractivity contribution in [1.29, 1.82) is 0 Å². The van der Waals surface area contributed by atoms with Crippen molar-refractivity contribution in [2.45, 2.75) is 52.5 Å². The fraction of sp³-hybridized carbons (Fsp3) is 0.550. The summed E-state index contributed by atoms with van der Waals surface area (Å²) in [6.07, 6.45) is 4.01. The molecule has 0 spiro atoms. The zero-order valence-electron chi connectivity index (χ0n) is 16.1. The number of rotatable bonds is 6. The number of nitrogens with one attached hydrogen (secondary N) is 2. The molecule has 6 nitrogen and oxygen atoms in total. The smallest absolute Gasteiger partial charge is 0.245 e. The molecule has 26 heavy (non-hydrogen) atoms. The van der Waals surface area contributed by atoms with Crippen LogP contribution in [0.5, 0.6) is 0 Å². The van der Waals surface area contributed by atoms with Gasteiger partial charge >= 0.3 is 0 Å². The molecule has 1 aliphatic rings. The SMILES string of the molecule is CC(=O)NC(C(=O)N(C)CC(=O)Nc1c(C)cccc1C)C1CCCC1. The third kappa shape index (κ3) is 5.07. The molecule has 1 aliphatic carbocycles. The number of aryl methyl sites for hydroxylation is 2. The summed E-state index contributed by atoms with van der Waals surface area (Å²) in [5.41, 5.74) is 2.75. The Hall–Kier alpha value is -2.37. The van der Waals surface area contributed by atoms with E-state index in [2.05, 4.69) is 10.6 Å². The Kier molecular flexibility index (Phi) is 6.77. The lowest BCUT2D eigenvalue weighted by Gasteiger charge is -2.28. The van der Waals surface area contributed by atoms with Crippen molar-refractivity contribution < 1.29 is 14.4 Å². The number of nitrogens with zero attached hydrogens (tertiary/aromatic N) is 1. The summed E-state index contributed by atoms with van der Waals surface area (Å²) >= 11 is 0. The van der Waals surface area contributed by atoms with Crippen LogP contribution in [0.2, 0.25) is 0 Å². The minimum absolute atomic E-state index is 0.0462. The van der Waals surface area contributed by atoms with Crippen LogP contribution in [0.4, 0.5) is 5.69 Å². The van der Waals surface area contributed by atoms with Gasteiger partial charge in [0.2, 0.25) is 17.7 Å². The zero-order valence-corrected chi connectivity index (χ0v) is 16.1. The Morgan fingerprint density at radius 2 is 1.73 bits per heavy atom. The van der Waals surface area contributed by atoms with E-state index in [9.17, 15) is 14.4 Å². The van der Waals surface area contributed by atoms with Crippen LogP contribution in [0.3, 0.4) is 0 Å². The predicted molar refractivity (Wildman–Crippen MR) is 102 cm³/mol. The van der Waals surface area contributed by atoms with Gasteiger partial charge in [-0.25, -0.2) is 0 Å². The lowest BCUT2D eigenvalue weighted by atomic mass is 9.96. The minimum atomic E-state index is -0.548. The second-order valence-electron chi connectivity index (χ2n) is 7.23. The molecular weight excluding hydrogens is 330 g/mol. The quantitative estimate of drug-likeness (QED) is 0.819. The monoisotopic (exact) mass is 359 g/mol.